The molecule has 0 aromatic heterocycles. The lowest BCUT2D eigenvalue weighted by Crippen LogP contribution is -2.25. The molecule has 0 aliphatic rings. The molecule has 1 aromatic carbocycles. The molecule has 0 heterocycles. The Hall–Kier alpha value is -1.32. The van der Waals surface area contributed by atoms with E-state index in [4.69, 9.17) is 10.5 Å². The molecular formula is C15H24N2O. The standard InChI is InChI=1S/C15H24N2O/c1-3-4-5-9-17(2)10-11-18-15-8-6-7-14(12-15)13-16/h3,6-8,12H,1,4-5,9-11,13,16H2,2H3. The molecule has 0 amide bonds. The minimum atomic E-state index is 0.554. The Morgan fingerprint density at radius 3 is 2.94 bits per heavy atom. The number of nitrogens with zero attached hydrogens (tertiary/aromatic N) is 1. The quantitative estimate of drug-likeness (QED) is 0.539. The maximum absolute atomic E-state index is 5.71. The number of likely N-dealkylation sites (N-methyl/N-ethyl adjacent to an activating group) is 1. The van der Waals surface area contributed by atoms with E-state index in [1.54, 1.807) is 0 Å². The van der Waals surface area contributed by atoms with Gasteiger partial charge in [0.25, 0.3) is 0 Å². The highest BCUT2D eigenvalue weighted by molar-refractivity contribution is 5.28. The number of unbranched alkanes of at least 4 members (excludes halogenated alkanes) is 1. The van der Waals surface area contributed by atoms with Gasteiger partial charge in [0.1, 0.15) is 12.4 Å². The van der Waals surface area contributed by atoms with Crippen LogP contribution in [0.2, 0.25) is 0 Å². The van der Waals surface area contributed by atoms with Crippen LogP contribution in [0.3, 0.4) is 0 Å². The molecule has 0 unspecified atom stereocenters. The molecule has 3 heteroatoms. The molecule has 0 atom stereocenters. The van der Waals surface area contributed by atoms with Gasteiger partial charge >= 0.3 is 0 Å². The SMILES string of the molecule is C=CCCCN(C)CCOc1cccc(CN)c1. The van der Waals surface area contributed by atoms with E-state index in [0.29, 0.717) is 13.2 Å². The van der Waals surface area contributed by atoms with Crippen molar-refractivity contribution in [3.63, 3.8) is 0 Å². The van der Waals surface area contributed by atoms with Gasteiger partial charge in [-0.05, 0) is 44.1 Å². The number of nitrogens with two attached hydrogens (primary N) is 1. The lowest BCUT2D eigenvalue weighted by atomic mass is 10.2. The fourth-order valence-electron chi connectivity index (χ4n) is 1.70. The van der Waals surface area contributed by atoms with Gasteiger partial charge in [-0.15, -0.1) is 6.58 Å². The first kappa shape index (κ1) is 14.7. The second kappa shape index (κ2) is 8.72. The molecule has 18 heavy (non-hydrogen) atoms. The van der Waals surface area contributed by atoms with Crippen molar-refractivity contribution in [3.05, 3.63) is 42.5 Å². The molecule has 1 rings (SSSR count). The second-order valence-electron chi connectivity index (χ2n) is 4.43. The molecule has 0 fully saturated rings. The molecule has 100 valence electrons. The fourth-order valence-corrected chi connectivity index (χ4v) is 1.70. The largest absolute Gasteiger partial charge is 0.492 e. The van der Waals surface area contributed by atoms with Crippen LogP contribution in [0.4, 0.5) is 0 Å². The lowest BCUT2D eigenvalue weighted by Gasteiger charge is -2.16. The number of allylic oxidation sites excluding steroid dienone is 1. The first-order chi connectivity index (χ1) is 8.76. The van der Waals surface area contributed by atoms with Crippen LogP contribution < -0.4 is 10.5 Å². The summed E-state index contributed by atoms with van der Waals surface area (Å²) in [6, 6.07) is 7.95. The van der Waals surface area contributed by atoms with Crippen LogP contribution in [0.1, 0.15) is 18.4 Å². The molecule has 0 aliphatic carbocycles. The Kier molecular flexibility index (Phi) is 7.14. The third-order valence-corrected chi connectivity index (χ3v) is 2.82. The summed E-state index contributed by atoms with van der Waals surface area (Å²) in [6.45, 7) is 7.00. The third kappa shape index (κ3) is 5.84. The second-order valence-corrected chi connectivity index (χ2v) is 4.43. The molecule has 0 saturated heterocycles. The average molecular weight is 248 g/mol. The minimum Gasteiger partial charge on any atom is -0.492 e. The Balaban J connectivity index is 2.21. The maximum Gasteiger partial charge on any atom is 0.119 e. The van der Waals surface area contributed by atoms with Crippen molar-refractivity contribution in [3.8, 4) is 5.75 Å². The molecule has 0 bridgehead atoms. The zero-order valence-electron chi connectivity index (χ0n) is 11.3. The summed E-state index contributed by atoms with van der Waals surface area (Å²) in [6.07, 6.45) is 4.19. The Morgan fingerprint density at radius 1 is 1.39 bits per heavy atom. The van der Waals surface area contributed by atoms with Gasteiger partial charge in [-0.2, -0.15) is 0 Å². The van der Waals surface area contributed by atoms with Gasteiger partial charge in [0, 0.05) is 13.1 Å². The van der Waals surface area contributed by atoms with E-state index in [1.807, 2.05) is 30.3 Å². The van der Waals surface area contributed by atoms with Crippen LogP contribution in [0.15, 0.2) is 36.9 Å². The van der Waals surface area contributed by atoms with Crippen LogP contribution in [0.25, 0.3) is 0 Å². The number of ether oxygens (including phenoxy) is 1. The zero-order chi connectivity index (χ0) is 13.2. The molecule has 2 N–H and O–H groups in total. The van der Waals surface area contributed by atoms with Crippen LogP contribution in [-0.2, 0) is 6.54 Å². The molecule has 0 spiro atoms. The summed E-state index contributed by atoms with van der Waals surface area (Å²) in [7, 11) is 2.11. The van der Waals surface area contributed by atoms with E-state index < -0.39 is 0 Å². The highest BCUT2D eigenvalue weighted by Crippen LogP contribution is 2.12. The highest BCUT2D eigenvalue weighted by atomic mass is 16.5. The minimum absolute atomic E-state index is 0.554. The van der Waals surface area contributed by atoms with Gasteiger partial charge in [0.05, 0.1) is 0 Å². The number of rotatable bonds is 9. The Morgan fingerprint density at radius 2 is 2.22 bits per heavy atom. The van der Waals surface area contributed by atoms with Crippen LogP contribution >= 0.6 is 0 Å². The van der Waals surface area contributed by atoms with Crippen molar-refractivity contribution in [1.29, 1.82) is 0 Å². The van der Waals surface area contributed by atoms with E-state index in [1.165, 1.54) is 0 Å². The monoisotopic (exact) mass is 248 g/mol. The molecule has 3 nitrogen and oxygen atoms in total. The van der Waals surface area contributed by atoms with E-state index >= 15 is 0 Å². The molecule has 0 radical (unpaired) electrons. The number of hydrogen-bond acceptors (Lipinski definition) is 3. The Labute approximate surface area is 110 Å². The fraction of sp³-hybridized carbons (Fsp3) is 0.467. The third-order valence-electron chi connectivity index (χ3n) is 2.82. The summed E-state index contributed by atoms with van der Waals surface area (Å²) in [5, 5.41) is 0. The molecular weight excluding hydrogens is 224 g/mol. The van der Waals surface area contributed by atoms with Crippen molar-refractivity contribution >= 4 is 0 Å². The molecule has 1 aromatic rings. The van der Waals surface area contributed by atoms with Crippen molar-refractivity contribution in [1.82, 2.24) is 4.90 Å². The topological polar surface area (TPSA) is 38.5 Å². The molecule has 0 aliphatic heterocycles. The summed E-state index contributed by atoms with van der Waals surface area (Å²) in [5.74, 6) is 0.900. The van der Waals surface area contributed by atoms with E-state index in [9.17, 15) is 0 Å². The summed E-state index contributed by atoms with van der Waals surface area (Å²) in [5.41, 5.74) is 6.70. The summed E-state index contributed by atoms with van der Waals surface area (Å²) in [4.78, 5) is 2.27. The number of benzene rings is 1. The van der Waals surface area contributed by atoms with Gasteiger partial charge in [0.2, 0.25) is 0 Å². The summed E-state index contributed by atoms with van der Waals surface area (Å²) < 4.78 is 5.71. The lowest BCUT2D eigenvalue weighted by molar-refractivity contribution is 0.236. The van der Waals surface area contributed by atoms with Crippen LogP contribution in [-0.4, -0.2) is 31.6 Å². The van der Waals surface area contributed by atoms with Gasteiger partial charge in [-0.3, -0.25) is 0 Å². The van der Waals surface area contributed by atoms with E-state index in [-0.39, 0.29) is 0 Å². The maximum atomic E-state index is 5.71. The van der Waals surface area contributed by atoms with Crippen molar-refractivity contribution in [2.45, 2.75) is 19.4 Å². The smallest absolute Gasteiger partial charge is 0.119 e. The van der Waals surface area contributed by atoms with Gasteiger partial charge in [-0.25, -0.2) is 0 Å². The van der Waals surface area contributed by atoms with Crippen molar-refractivity contribution in [2.24, 2.45) is 5.73 Å². The van der Waals surface area contributed by atoms with Crippen LogP contribution in [0, 0.1) is 0 Å². The van der Waals surface area contributed by atoms with Gasteiger partial charge < -0.3 is 15.4 Å². The predicted octanol–water partition coefficient (Wildman–Crippen LogP) is 2.42. The van der Waals surface area contributed by atoms with Gasteiger partial charge in [0.15, 0.2) is 0 Å². The van der Waals surface area contributed by atoms with E-state index in [0.717, 1.165) is 37.2 Å². The van der Waals surface area contributed by atoms with Crippen molar-refractivity contribution < 1.29 is 4.74 Å². The predicted molar refractivity (Wildman–Crippen MR) is 76.8 cm³/mol. The van der Waals surface area contributed by atoms with Gasteiger partial charge in [-0.1, -0.05) is 18.2 Å². The van der Waals surface area contributed by atoms with Crippen molar-refractivity contribution in [2.75, 3.05) is 26.7 Å². The number of hydrogen-bond donors (Lipinski definition) is 1. The summed E-state index contributed by atoms with van der Waals surface area (Å²) >= 11 is 0. The first-order valence-electron chi connectivity index (χ1n) is 6.47. The van der Waals surface area contributed by atoms with Crippen LogP contribution in [0.5, 0.6) is 5.75 Å². The normalized spacial score (nSPS) is 10.6. The van der Waals surface area contributed by atoms with E-state index in [2.05, 4.69) is 18.5 Å². The zero-order valence-corrected chi connectivity index (χ0v) is 11.3. The Bertz CT molecular complexity index is 352. The molecule has 0 saturated carbocycles. The highest BCUT2D eigenvalue weighted by Gasteiger charge is 1.99. The first-order valence-corrected chi connectivity index (χ1v) is 6.47. The average Bonchev–Trinajstić information content (AvgIpc) is 2.39.